The van der Waals surface area contributed by atoms with Crippen LogP contribution in [0.2, 0.25) is 0 Å². The van der Waals surface area contributed by atoms with E-state index >= 15 is 0 Å². The Kier molecular flexibility index (Phi) is 7.09. The summed E-state index contributed by atoms with van der Waals surface area (Å²) in [5.41, 5.74) is -2.07. The van der Waals surface area contributed by atoms with E-state index in [0.717, 1.165) is 12.1 Å². The molecular weight excluding hydrogens is 376 g/mol. The lowest BCUT2D eigenvalue weighted by Gasteiger charge is -2.27. The van der Waals surface area contributed by atoms with Gasteiger partial charge in [0.25, 0.3) is 5.69 Å². The molecule has 0 aliphatic carbocycles. The van der Waals surface area contributed by atoms with Crippen LogP contribution < -0.4 is 4.72 Å². The van der Waals surface area contributed by atoms with E-state index in [-0.39, 0.29) is 6.61 Å². The van der Waals surface area contributed by atoms with Gasteiger partial charge in [0.1, 0.15) is 11.6 Å². The Labute approximate surface area is 159 Å². The highest BCUT2D eigenvalue weighted by Gasteiger charge is 2.34. The van der Waals surface area contributed by atoms with Crippen LogP contribution in [-0.2, 0) is 24.3 Å². The molecule has 0 fully saturated rings. The number of para-hydroxylation sites is 1. The van der Waals surface area contributed by atoms with Gasteiger partial charge in [-0.25, -0.2) is 8.42 Å². The number of sulfonamides is 1. The van der Waals surface area contributed by atoms with Crippen molar-refractivity contribution >= 4 is 21.7 Å². The Balaban J connectivity index is 3.19. The zero-order chi connectivity index (χ0) is 21.0. The van der Waals surface area contributed by atoms with E-state index in [1.165, 1.54) is 12.1 Å². The lowest BCUT2D eigenvalue weighted by atomic mass is 10.2. The summed E-state index contributed by atoms with van der Waals surface area (Å²) in [6.07, 6.45) is 0. The summed E-state index contributed by atoms with van der Waals surface area (Å²) in [5, 5.41) is 11.1. The van der Waals surface area contributed by atoms with Gasteiger partial charge in [-0.3, -0.25) is 14.9 Å². The Hall–Kier alpha value is -2.04. The van der Waals surface area contributed by atoms with Gasteiger partial charge in [-0.15, -0.1) is 0 Å². The molecule has 1 unspecified atom stereocenters. The van der Waals surface area contributed by atoms with E-state index < -0.39 is 48.7 Å². The highest BCUT2D eigenvalue weighted by atomic mass is 32.2. The van der Waals surface area contributed by atoms with Crippen LogP contribution in [0.15, 0.2) is 29.2 Å². The first-order valence-electron chi connectivity index (χ1n) is 8.25. The summed E-state index contributed by atoms with van der Waals surface area (Å²) in [6.45, 7) is 9.87. The minimum atomic E-state index is -4.38. The fourth-order valence-electron chi connectivity index (χ4n) is 1.94. The first-order chi connectivity index (χ1) is 12.1. The number of carbonyl (C=O) groups is 1. The van der Waals surface area contributed by atoms with Crippen molar-refractivity contribution in [2.75, 3.05) is 6.61 Å². The normalized spacial score (nSPS) is 13.9. The number of hydrogen-bond acceptors (Lipinski definition) is 7. The molecule has 1 aromatic rings. The molecule has 0 spiro atoms. The molecule has 152 valence electrons. The number of nitrogens with zero attached hydrogens (tertiary/aromatic N) is 1. The maximum atomic E-state index is 12.7. The van der Waals surface area contributed by atoms with Crippen LogP contribution in [0.4, 0.5) is 5.69 Å². The number of rotatable bonds is 7. The van der Waals surface area contributed by atoms with Crippen molar-refractivity contribution in [1.82, 2.24) is 4.72 Å². The predicted octanol–water partition coefficient (Wildman–Crippen LogP) is 2.40. The average Bonchev–Trinajstić information content (AvgIpc) is 2.48. The zero-order valence-corrected chi connectivity index (χ0v) is 17.1. The molecule has 1 rings (SSSR count). The summed E-state index contributed by atoms with van der Waals surface area (Å²) in [5.74, 6) is -0.839. The molecule has 1 aromatic carbocycles. The van der Waals surface area contributed by atoms with E-state index in [1.807, 2.05) is 0 Å². The second-order valence-electron chi connectivity index (χ2n) is 7.86. The van der Waals surface area contributed by atoms with Crippen molar-refractivity contribution in [1.29, 1.82) is 0 Å². The predicted molar refractivity (Wildman–Crippen MR) is 98.8 cm³/mol. The van der Waals surface area contributed by atoms with Crippen LogP contribution in [0.3, 0.4) is 0 Å². The fourth-order valence-corrected chi connectivity index (χ4v) is 3.28. The van der Waals surface area contributed by atoms with Gasteiger partial charge in [-0.1, -0.05) is 12.1 Å². The summed E-state index contributed by atoms with van der Waals surface area (Å²) < 4.78 is 38.3. The zero-order valence-electron chi connectivity index (χ0n) is 16.3. The smallest absolute Gasteiger partial charge is 0.327 e. The molecule has 0 saturated heterocycles. The van der Waals surface area contributed by atoms with Crippen molar-refractivity contribution in [2.24, 2.45) is 0 Å². The quantitative estimate of drug-likeness (QED) is 0.422. The monoisotopic (exact) mass is 402 g/mol. The number of nitro groups is 1. The molecule has 0 heterocycles. The molecule has 9 nitrogen and oxygen atoms in total. The number of ether oxygens (including phenoxy) is 2. The van der Waals surface area contributed by atoms with E-state index in [9.17, 15) is 23.3 Å². The molecule has 1 atom stereocenters. The molecule has 0 aliphatic heterocycles. The van der Waals surface area contributed by atoms with Crippen molar-refractivity contribution in [2.45, 2.75) is 63.7 Å². The minimum Gasteiger partial charge on any atom is -0.459 e. The highest BCUT2D eigenvalue weighted by molar-refractivity contribution is 7.89. The lowest BCUT2D eigenvalue weighted by Crippen LogP contribution is -2.48. The van der Waals surface area contributed by atoms with Crippen LogP contribution >= 0.6 is 0 Å². The van der Waals surface area contributed by atoms with Crippen LogP contribution in [0.5, 0.6) is 0 Å². The van der Waals surface area contributed by atoms with E-state index in [0.29, 0.717) is 0 Å². The molecule has 0 saturated carbocycles. The third kappa shape index (κ3) is 7.61. The Morgan fingerprint density at radius 2 is 1.70 bits per heavy atom. The number of nitro benzene ring substituents is 1. The molecule has 10 heteroatoms. The van der Waals surface area contributed by atoms with Crippen molar-refractivity contribution in [3.8, 4) is 0 Å². The lowest BCUT2D eigenvalue weighted by molar-refractivity contribution is -0.387. The molecule has 0 bridgehead atoms. The summed E-state index contributed by atoms with van der Waals surface area (Å²) in [4.78, 5) is 22.2. The summed E-state index contributed by atoms with van der Waals surface area (Å²) >= 11 is 0. The van der Waals surface area contributed by atoms with Gasteiger partial charge in [0.05, 0.1) is 17.1 Å². The number of esters is 1. The van der Waals surface area contributed by atoms with Gasteiger partial charge >= 0.3 is 5.97 Å². The second kappa shape index (κ2) is 8.32. The minimum absolute atomic E-state index is 0.293. The second-order valence-corrected chi connectivity index (χ2v) is 9.54. The maximum Gasteiger partial charge on any atom is 0.327 e. The van der Waals surface area contributed by atoms with Crippen LogP contribution in [0.1, 0.15) is 41.5 Å². The van der Waals surface area contributed by atoms with Gasteiger partial charge in [0, 0.05) is 6.07 Å². The van der Waals surface area contributed by atoms with Gasteiger partial charge < -0.3 is 9.47 Å². The van der Waals surface area contributed by atoms with Crippen molar-refractivity contribution in [3.63, 3.8) is 0 Å². The van der Waals surface area contributed by atoms with Crippen LogP contribution in [0.25, 0.3) is 0 Å². The standard InChI is InChI=1S/C17H26N2O7S/c1-16(2,3)25-11-12(15(20)26-17(4,5)6)18-27(23,24)14-10-8-7-9-13(14)19(21)22/h7-10,12,18H,11H2,1-6H3. The van der Waals surface area contributed by atoms with E-state index in [1.54, 1.807) is 41.5 Å². The Bertz CT molecular complexity index is 792. The van der Waals surface area contributed by atoms with Gasteiger partial charge in [0.2, 0.25) is 10.0 Å². The summed E-state index contributed by atoms with van der Waals surface area (Å²) in [7, 11) is -4.38. The fraction of sp³-hybridized carbons (Fsp3) is 0.588. The van der Waals surface area contributed by atoms with Crippen LogP contribution in [0, 0.1) is 10.1 Å². The molecule has 0 aliphatic rings. The van der Waals surface area contributed by atoms with Crippen molar-refractivity contribution < 1.29 is 27.6 Å². The molecule has 0 radical (unpaired) electrons. The molecule has 1 N–H and O–H groups in total. The van der Waals surface area contributed by atoms with Crippen LogP contribution in [-0.4, -0.2) is 43.2 Å². The van der Waals surface area contributed by atoms with E-state index in [2.05, 4.69) is 4.72 Å². The summed E-state index contributed by atoms with van der Waals surface area (Å²) in [6, 6.07) is 3.51. The first-order valence-corrected chi connectivity index (χ1v) is 9.73. The molecule has 27 heavy (non-hydrogen) atoms. The topological polar surface area (TPSA) is 125 Å². The maximum absolute atomic E-state index is 12.7. The van der Waals surface area contributed by atoms with Gasteiger partial charge in [-0.05, 0) is 47.6 Å². The largest absolute Gasteiger partial charge is 0.459 e. The van der Waals surface area contributed by atoms with Crippen molar-refractivity contribution in [3.05, 3.63) is 34.4 Å². The molecular formula is C17H26N2O7S. The Morgan fingerprint density at radius 1 is 1.15 bits per heavy atom. The molecule has 0 amide bonds. The van der Waals surface area contributed by atoms with E-state index in [4.69, 9.17) is 9.47 Å². The third-order valence-electron chi connectivity index (χ3n) is 3.02. The number of hydrogen-bond donors (Lipinski definition) is 1. The average molecular weight is 402 g/mol. The molecule has 0 aromatic heterocycles. The number of carbonyl (C=O) groups excluding carboxylic acids is 1. The SMILES string of the molecule is CC(C)(C)OCC(NS(=O)(=O)c1ccccc1[N+](=O)[O-])C(=O)OC(C)(C)C. The number of nitrogens with one attached hydrogen (secondary N) is 1. The third-order valence-corrected chi connectivity index (χ3v) is 4.54. The van der Waals surface area contributed by atoms with Gasteiger partial charge in [0.15, 0.2) is 4.90 Å². The first kappa shape index (κ1) is 23.0. The van der Waals surface area contributed by atoms with Gasteiger partial charge in [-0.2, -0.15) is 4.72 Å². The highest BCUT2D eigenvalue weighted by Crippen LogP contribution is 2.23. The number of benzene rings is 1. The Morgan fingerprint density at radius 3 is 2.19 bits per heavy atom.